The average molecular weight is 272 g/mol. The molecule has 106 valence electrons. The lowest BCUT2D eigenvalue weighted by atomic mass is 9.86. The Morgan fingerprint density at radius 2 is 1.74 bits per heavy atom. The van der Waals surface area contributed by atoms with Crippen LogP contribution in [-0.2, 0) is 6.18 Å². The molecular formula is C14H19F3N2. The highest BCUT2D eigenvalue weighted by atomic mass is 19.4. The highest BCUT2D eigenvalue weighted by Gasteiger charge is 2.33. The lowest BCUT2D eigenvalue weighted by molar-refractivity contribution is -0.136. The standard InChI is InChI=1S/C14H19F3N2/c15-14(16,17)12-3-1-2-4-13(12)19-9-10-5-7-11(18)8-6-10/h1-4,10-11,19H,5-9,18H2. The first-order chi connectivity index (χ1) is 8.97. The van der Waals surface area contributed by atoms with Gasteiger partial charge in [0.15, 0.2) is 0 Å². The molecular weight excluding hydrogens is 253 g/mol. The highest BCUT2D eigenvalue weighted by molar-refractivity contribution is 5.52. The summed E-state index contributed by atoms with van der Waals surface area (Å²) in [6, 6.07) is 5.89. The van der Waals surface area contributed by atoms with Crippen LogP contribution in [0.4, 0.5) is 18.9 Å². The molecule has 0 spiro atoms. The van der Waals surface area contributed by atoms with Crippen molar-refractivity contribution >= 4 is 5.69 Å². The van der Waals surface area contributed by atoms with Gasteiger partial charge in [-0.1, -0.05) is 12.1 Å². The summed E-state index contributed by atoms with van der Waals surface area (Å²) in [6.45, 7) is 0.583. The monoisotopic (exact) mass is 272 g/mol. The summed E-state index contributed by atoms with van der Waals surface area (Å²) in [7, 11) is 0. The molecule has 0 unspecified atom stereocenters. The second-order valence-electron chi connectivity index (χ2n) is 5.21. The Balaban J connectivity index is 1.96. The zero-order valence-electron chi connectivity index (χ0n) is 10.7. The van der Waals surface area contributed by atoms with E-state index in [1.807, 2.05) is 0 Å². The molecule has 1 fully saturated rings. The van der Waals surface area contributed by atoms with Crippen LogP contribution in [0, 0.1) is 5.92 Å². The number of benzene rings is 1. The van der Waals surface area contributed by atoms with E-state index in [0.717, 1.165) is 31.7 Å². The van der Waals surface area contributed by atoms with Crippen molar-refractivity contribution < 1.29 is 13.2 Å². The van der Waals surface area contributed by atoms with Crippen LogP contribution in [0.5, 0.6) is 0 Å². The maximum absolute atomic E-state index is 12.8. The van der Waals surface area contributed by atoms with E-state index < -0.39 is 11.7 Å². The van der Waals surface area contributed by atoms with E-state index in [4.69, 9.17) is 5.73 Å². The Morgan fingerprint density at radius 3 is 2.37 bits per heavy atom. The van der Waals surface area contributed by atoms with Gasteiger partial charge in [-0.15, -0.1) is 0 Å². The molecule has 0 aromatic heterocycles. The lowest BCUT2D eigenvalue weighted by Gasteiger charge is -2.27. The number of halogens is 3. The fraction of sp³-hybridized carbons (Fsp3) is 0.571. The van der Waals surface area contributed by atoms with E-state index in [9.17, 15) is 13.2 Å². The minimum Gasteiger partial charge on any atom is -0.384 e. The van der Waals surface area contributed by atoms with Crippen molar-refractivity contribution in [3.8, 4) is 0 Å². The molecule has 3 N–H and O–H groups in total. The molecule has 19 heavy (non-hydrogen) atoms. The predicted octanol–water partition coefficient (Wildman–Crippen LogP) is 3.63. The van der Waals surface area contributed by atoms with Crippen LogP contribution in [0.1, 0.15) is 31.2 Å². The molecule has 0 saturated heterocycles. The average Bonchev–Trinajstić information content (AvgIpc) is 2.37. The van der Waals surface area contributed by atoms with E-state index in [0.29, 0.717) is 12.5 Å². The minimum atomic E-state index is -4.31. The second-order valence-corrected chi connectivity index (χ2v) is 5.21. The molecule has 1 aliphatic rings. The molecule has 0 bridgehead atoms. The van der Waals surface area contributed by atoms with Gasteiger partial charge in [-0.2, -0.15) is 13.2 Å². The summed E-state index contributed by atoms with van der Waals surface area (Å²) in [5, 5.41) is 2.94. The first-order valence-electron chi connectivity index (χ1n) is 6.62. The van der Waals surface area contributed by atoms with Crippen LogP contribution in [0.3, 0.4) is 0 Å². The van der Waals surface area contributed by atoms with Crippen molar-refractivity contribution in [2.24, 2.45) is 11.7 Å². The lowest BCUT2D eigenvalue weighted by Crippen LogP contribution is -2.29. The maximum Gasteiger partial charge on any atom is 0.418 e. The first kappa shape index (κ1) is 14.2. The molecule has 0 radical (unpaired) electrons. The van der Waals surface area contributed by atoms with Crippen molar-refractivity contribution in [3.63, 3.8) is 0 Å². The summed E-state index contributed by atoms with van der Waals surface area (Å²) < 4.78 is 38.4. The first-order valence-corrected chi connectivity index (χ1v) is 6.62. The normalized spacial score (nSPS) is 24.2. The van der Waals surface area contributed by atoms with Gasteiger partial charge < -0.3 is 11.1 Å². The number of alkyl halides is 3. The summed E-state index contributed by atoms with van der Waals surface area (Å²) >= 11 is 0. The topological polar surface area (TPSA) is 38.0 Å². The highest BCUT2D eigenvalue weighted by Crippen LogP contribution is 2.35. The molecule has 5 heteroatoms. The van der Waals surface area contributed by atoms with Crippen LogP contribution < -0.4 is 11.1 Å². The van der Waals surface area contributed by atoms with Crippen LogP contribution in [0.2, 0.25) is 0 Å². The number of hydrogen-bond acceptors (Lipinski definition) is 2. The van der Waals surface area contributed by atoms with Crippen molar-refractivity contribution in [3.05, 3.63) is 29.8 Å². The van der Waals surface area contributed by atoms with E-state index in [-0.39, 0.29) is 11.7 Å². The molecule has 2 rings (SSSR count). The van der Waals surface area contributed by atoms with Crippen molar-refractivity contribution in [2.75, 3.05) is 11.9 Å². The van der Waals surface area contributed by atoms with Crippen LogP contribution >= 0.6 is 0 Å². The third kappa shape index (κ3) is 3.86. The second kappa shape index (κ2) is 5.82. The van der Waals surface area contributed by atoms with Crippen LogP contribution in [0.25, 0.3) is 0 Å². The van der Waals surface area contributed by atoms with Gasteiger partial charge in [0.1, 0.15) is 0 Å². The molecule has 1 aliphatic carbocycles. The molecule has 0 atom stereocenters. The summed E-state index contributed by atoms with van der Waals surface area (Å²) in [4.78, 5) is 0. The summed E-state index contributed by atoms with van der Waals surface area (Å²) in [6.07, 6.45) is -0.399. The van der Waals surface area contributed by atoms with Crippen molar-refractivity contribution in [1.82, 2.24) is 0 Å². The van der Waals surface area contributed by atoms with Gasteiger partial charge in [0.2, 0.25) is 0 Å². The third-order valence-corrected chi connectivity index (χ3v) is 3.71. The number of hydrogen-bond donors (Lipinski definition) is 2. The van der Waals surface area contributed by atoms with Crippen LogP contribution in [-0.4, -0.2) is 12.6 Å². The third-order valence-electron chi connectivity index (χ3n) is 3.71. The summed E-state index contributed by atoms with van der Waals surface area (Å²) in [5.74, 6) is 0.418. The van der Waals surface area contributed by atoms with Gasteiger partial charge in [0.05, 0.1) is 5.56 Å². The largest absolute Gasteiger partial charge is 0.418 e. The van der Waals surface area contributed by atoms with E-state index >= 15 is 0 Å². The van der Waals surface area contributed by atoms with Gasteiger partial charge in [-0.3, -0.25) is 0 Å². The van der Waals surface area contributed by atoms with Gasteiger partial charge in [0, 0.05) is 18.3 Å². The number of para-hydroxylation sites is 1. The van der Waals surface area contributed by atoms with E-state index in [2.05, 4.69) is 5.32 Å². The summed E-state index contributed by atoms with van der Waals surface area (Å²) in [5.41, 5.74) is 5.39. The fourth-order valence-corrected chi connectivity index (χ4v) is 2.53. The predicted molar refractivity (Wildman–Crippen MR) is 69.9 cm³/mol. The Hall–Kier alpha value is -1.23. The number of anilines is 1. The maximum atomic E-state index is 12.8. The van der Waals surface area contributed by atoms with Crippen molar-refractivity contribution in [1.29, 1.82) is 0 Å². The quantitative estimate of drug-likeness (QED) is 0.881. The van der Waals surface area contributed by atoms with Crippen LogP contribution in [0.15, 0.2) is 24.3 Å². The molecule has 1 aromatic rings. The van der Waals surface area contributed by atoms with Gasteiger partial charge in [-0.05, 0) is 43.7 Å². The fourth-order valence-electron chi connectivity index (χ4n) is 2.53. The number of nitrogens with two attached hydrogens (primary N) is 1. The minimum absolute atomic E-state index is 0.171. The van der Waals surface area contributed by atoms with E-state index in [1.165, 1.54) is 12.1 Å². The molecule has 1 aromatic carbocycles. The SMILES string of the molecule is NC1CCC(CNc2ccccc2C(F)(F)F)CC1. The Bertz CT molecular complexity index is 409. The smallest absolute Gasteiger partial charge is 0.384 e. The Kier molecular flexibility index (Phi) is 4.34. The molecule has 2 nitrogen and oxygen atoms in total. The zero-order valence-corrected chi connectivity index (χ0v) is 10.7. The number of rotatable bonds is 3. The van der Waals surface area contributed by atoms with E-state index in [1.54, 1.807) is 6.07 Å². The van der Waals surface area contributed by atoms with Gasteiger partial charge in [-0.25, -0.2) is 0 Å². The van der Waals surface area contributed by atoms with Gasteiger partial charge >= 0.3 is 6.18 Å². The molecule has 1 saturated carbocycles. The molecule has 0 aliphatic heterocycles. The number of nitrogens with one attached hydrogen (secondary N) is 1. The molecule has 0 heterocycles. The Labute approximate surface area is 111 Å². The van der Waals surface area contributed by atoms with Crippen molar-refractivity contribution in [2.45, 2.75) is 37.9 Å². The Morgan fingerprint density at radius 1 is 1.11 bits per heavy atom. The van der Waals surface area contributed by atoms with Gasteiger partial charge in [0.25, 0.3) is 0 Å². The zero-order chi connectivity index (χ0) is 13.9. The molecule has 0 amide bonds.